The van der Waals surface area contributed by atoms with Gasteiger partial charge in [-0.1, -0.05) is 45.8 Å². The number of piperidine rings is 1. The van der Waals surface area contributed by atoms with Crippen LogP contribution in [0.1, 0.15) is 53.3 Å². The quantitative estimate of drug-likeness (QED) is 0.211. The summed E-state index contributed by atoms with van der Waals surface area (Å²) in [5.41, 5.74) is 2.72. The van der Waals surface area contributed by atoms with Crippen molar-refractivity contribution in [2.45, 2.75) is 50.4 Å². The highest BCUT2D eigenvalue weighted by Crippen LogP contribution is 2.48. The molecule has 3 heterocycles. The van der Waals surface area contributed by atoms with E-state index in [1.807, 2.05) is 6.07 Å². The summed E-state index contributed by atoms with van der Waals surface area (Å²) in [4.78, 5) is 18.7. The molecule has 1 saturated heterocycles. The second kappa shape index (κ2) is 9.73. The molecule has 2 aromatic carbocycles. The highest BCUT2D eigenvalue weighted by atomic mass is 35.5. The summed E-state index contributed by atoms with van der Waals surface area (Å²) in [5, 5.41) is 6.19. The van der Waals surface area contributed by atoms with Gasteiger partial charge >= 0.3 is 5.97 Å². The smallest absolute Gasteiger partial charge is 0.338 e. The van der Waals surface area contributed by atoms with Crippen LogP contribution in [0.3, 0.4) is 0 Å². The third kappa shape index (κ3) is 4.40. The first-order valence-electron chi connectivity index (χ1n) is 12.9. The van der Waals surface area contributed by atoms with Crippen molar-refractivity contribution in [3.63, 3.8) is 0 Å². The van der Waals surface area contributed by atoms with Crippen LogP contribution >= 0.6 is 34.5 Å². The minimum atomic E-state index is -0.566. The van der Waals surface area contributed by atoms with E-state index in [9.17, 15) is 9.18 Å². The maximum absolute atomic E-state index is 14.7. The zero-order valence-corrected chi connectivity index (χ0v) is 23.3. The lowest BCUT2D eigenvalue weighted by Crippen LogP contribution is -2.38. The van der Waals surface area contributed by atoms with Crippen molar-refractivity contribution in [2.75, 3.05) is 18.6 Å². The zero-order chi connectivity index (χ0) is 26.8. The Morgan fingerprint density at radius 3 is 2.72 bits per heavy atom. The van der Waals surface area contributed by atoms with Crippen molar-refractivity contribution in [3.05, 3.63) is 63.1 Å². The van der Waals surface area contributed by atoms with Crippen LogP contribution in [0.4, 0.5) is 9.52 Å². The average Bonchev–Trinajstić information content (AvgIpc) is 3.24. The van der Waals surface area contributed by atoms with Crippen LogP contribution in [0.15, 0.2) is 34.9 Å². The average molecular weight is 588 g/mol. The van der Waals surface area contributed by atoms with Gasteiger partial charge in [-0.25, -0.2) is 14.2 Å². The number of thiazole rings is 1. The molecule has 11 heteroatoms. The summed E-state index contributed by atoms with van der Waals surface area (Å²) >= 11 is 14.4. The molecule has 0 spiro atoms. The van der Waals surface area contributed by atoms with Crippen LogP contribution in [0.25, 0.3) is 21.5 Å². The number of halogens is 3. The number of methoxy groups -OCH3 is 1. The fraction of sp³-hybridized carbons (Fsp3) is 0.393. The van der Waals surface area contributed by atoms with Crippen molar-refractivity contribution in [1.29, 1.82) is 0 Å². The van der Waals surface area contributed by atoms with E-state index in [2.05, 4.69) is 15.0 Å². The normalized spacial score (nSPS) is 22.3. The van der Waals surface area contributed by atoms with Crippen LogP contribution in [-0.2, 0) is 16.1 Å². The molecule has 2 bridgehead atoms. The predicted molar refractivity (Wildman–Crippen MR) is 147 cm³/mol. The largest absolute Gasteiger partial charge is 0.465 e. The number of rotatable bonds is 7. The van der Waals surface area contributed by atoms with E-state index in [1.165, 1.54) is 24.5 Å². The number of carbonyl (C=O) groups excluding carboxylic acids is 1. The Morgan fingerprint density at radius 1 is 1.23 bits per heavy atom. The molecule has 3 atom stereocenters. The molecule has 0 N–H and O–H groups in total. The van der Waals surface area contributed by atoms with E-state index in [0.29, 0.717) is 44.4 Å². The van der Waals surface area contributed by atoms with Crippen LogP contribution < -0.4 is 4.90 Å². The molecule has 2 saturated carbocycles. The Hall–Kier alpha value is -2.72. The Bertz CT molecular complexity index is 1580. The lowest BCUT2D eigenvalue weighted by molar-refractivity contribution is 0.0122. The van der Waals surface area contributed by atoms with E-state index < -0.39 is 11.8 Å². The molecule has 1 unspecified atom stereocenters. The monoisotopic (exact) mass is 587 g/mol. The van der Waals surface area contributed by atoms with Gasteiger partial charge in [0.25, 0.3) is 0 Å². The van der Waals surface area contributed by atoms with Gasteiger partial charge < -0.3 is 18.9 Å². The number of anilines is 1. The Labute approximate surface area is 237 Å². The predicted octanol–water partition coefficient (Wildman–Crippen LogP) is 7.25. The molecule has 0 radical (unpaired) electrons. The van der Waals surface area contributed by atoms with E-state index in [1.54, 1.807) is 18.2 Å². The highest BCUT2D eigenvalue weighted by molar-refractivity contribution is 7.22. The maximum atomic E-state index is 14.7. The number of fused-ring (bicyclic) bond motifs is 3. The maximum Gasteiger partial charge on any atom is 0.338 e. The molecular formula is C28H24Cl2FN3O4S. The van der Waals surface area contributed by atoms with E-state index in [4.69, 9.17) is 37.2 Å². The number of ether oxygens (including phenoxy) is 2. The Balaban J connectivity index is 1.08. The van der Waals surface area contributed by atoms with Crippen molar-refractivity contribution < 1.29 is 23.2 Å². The van der Waals surface area contributed by atoms with Crippen LogP contribution in [-0.4, -0.2) is 41.9 Å². The molecule has 4 aromatic rings. The van der Waals surface area contributed by atoms with Crippen LogP contribution in [0, 0.1) is 11.7 Å². The fourth-order valence-corrected chi connectivity index (χ4v) is 7.60. The Morgan fingerprint density at radius 2 is 2.03 bits per heavy atom. The summed E-state index contributed by atoms with van der Waals surface area (Å²) in [6, 6.07) is 8.49. The number of carbonyl (C=O) groups is 1. The molecule has 3 fully saturated rings. The fourth-order valence-electron chi connectivity index (χ4n) is 5.92. The molecular weight excluding hydrogens is 564 g/mol. The van der Waals surface area contributed by atoms with Gasteiger partial charge in [0, 0.05) is 35.5 Å². The molecule has 0 amide bonds. The molecule has 2 aliphatic carbocycles. The van der Waals surface area contributed by atoms with Gasteiger partial charge in [-0.15, -0.1) is 0 Å². The first-order chi connectivity index (χ1) is 18.9. The molecule has 2 aromatic heterocycles. The van der Waals surface area contributed by atoms with E-state index in [-0.39, 0.29) is 23.2 Å². The van der Waals surface area contributed by atoms with Crippen molar-refractivity contribution in [3.8, 4) is 11.3 Å². The molecule has 1 aliphatic heterocycles. The number of hydrogen-bond acceptors (Lipinski definition) is 8. The van der Waals surface area contributed by atoms with Crippen molar-refractivity contribution in [1.82, 2.24) is 10.1 Å². The van der Waals surface area contributed by atoms with Gasteiger partial charge in [-0.05, 0) is 49.9 Å². The summed E-state index contributed by atoms with van der Waals surface area (Å²) in [6.45, 7) is 1.16. The first-order valence-corrected chi connectivity index (χ1v) is 14.5. The van der Waals surface area contributed by atoms with Crippen molar-refractivity contribution >= 4 is 55.9 Å². The van der Waals surface area contributed by atoms with Gasteiger partial charge in [0.2, 0.25) is 0 Å². The van der Waals surface area contributed by atoms with E-state index in [0.717, 1.165) is 48.7 Å². The number of nitrogens with zero attached hydrogens (tertiary/aromatic N) is 3. The Kier molecular flexibility index (Phi) is 6.30. The third-order valence-corrected chi connectivity index (χ3v) is 9.66. The minimum absolute atomic E-state index is 0.0832. The van der Waals surface area contributed by atoms with E-state index >= 15 is 0 Å². The van der Waals surface area contributed by atoms with Crippen LogP contribution in [0.5, 0.6) is 0 Å². The highest BCUT2D eigenvalue weighted by Gasteiger charge is 2.46. The standard InChI is InChI=1S/C28H24Cl2FN3O4S/c1-36-27(35)14-8-20(31)25-22(9-14)39-28(32-25)34-11-15-7-16(34)10-21(15)37-12-17-24(33-38-26(17)13-5-6-13)23-18(29)3-2-4-19(23)30/h2-4,8-9,13,15-16,21H,5-7,10-12H2,1H3/t15-,16?,21+/m1/s1. The summed E-state index contributed by atoms with van der Waals surface area (Å²) < 4.78 is 32.4. The number of benzene rings is 2. The lowest BCUT2D eigenvalue weighted by Gasteiger charge is -2.31. The van der Waals surface area contributed by atoms with Gasteiger partial charge in [0.1, 0.15) is 17.0 Å². The summed E-state index contributed by atoms with van der Waals surface area (Å²) in [7, 11) is 1.28. The SMILES string of the molecule is COC(=O)c1cc(F)c2nc(N3C[C@H]4CC3C[C@@H]4OCc3c(-c4c(Cl)cccc4Cl)noc3C3CC3)sc2c1. The number of hydrogen-bond donors (Lipinski definition) is 0. The topological polar surface area (TPSA) is 77.7 Å². The summed E-state index contributed by atoms with van der Waals surface area (Å²) in [6.07, 6.45) is 4.07. The number of esters is 1. The second-order valence-corrected chi connectivity index (χ2v) is 12.2. The molecule has 3 aliphatic rings. The van der Waals surface area contributed by atoms with Gasteiger partial charge in [0.15, 0.2) is 10.9 Å². The molecule has 7 nitrogen and oxygen atoms in total. The lowest BCUT2D eigenvalue weighted by atomic mass is 10.0. The number of aromatic nitrogens is 2. The molecule has 39 heavy (non-hydrogen) atoms. The van der Waals surface area contributed by atoms with Gasteiger partial charge in [-0.3, -0.25) is 0 Å². The summed E-state index contributed by atoms with van der Waals surface area (Å²) in [5.74, 6) is 0.475. The first kappa shape index (κ1) is 25.3. The van der Waals surface area contributed by atoms with Gasteiger partial charge in [0.05, 0.1) is 40.1 Å². The minimum Gasteiger partial charge on any atom is -0.465 e. The second-order valence-electron chi connectivity index (χ2n) is 10.4. The third-order valence-electron chi connectivity index (χ3n) is 7.99. The van der Waals surface area contributed by atoms with Crippen molar-refractivity contribution in [2.24, 2.45) is 5.92 Å². The van der Waals surface area contributed by atoms with Crippen LogP contribution in [0.2, 0.25) is 10.0 Å². The van der Waals surface area contributed by atoms with Gasteiger partial charge in [-0.2, -0.15) is 0 Å². The zero-order valence-electron chi connectivity index (χ0n) is 21.0. The molecule has 7 rings (SSSR count). The molecule has 202 valence electrons.